The van der Waals surface area contributed by atoms with Crippen molar-refractivity contribution >= 4 is 52.4 Å². The molecule has 0 saturated carbocycles. The lowest BCUT2D eigenvalue weighted by molar-refractivity contribution is -0.127. The molecule has 1 aromatic carbocycles. The van der Waals surface area contributed by atoms with Gasteiger partial charge in [-0.05, 0) is 44.0 Å². The van der Waals surface area contributed by atoms with Crippen molar-refractivity contribution in [2.75, 3.05) is 6.54 Å². The molecule has 2 aromatic rings. The lowest BCUT2D eigenvalue weighted by atomic mass is 10.2. The second kappa shape index (κ2) is 9.07. The number of halogens is 1. The number of primary amides is 1. The minimum absolute atomic E-state index is 0.143. The van der Waals surface area contributed by atoms with Crippen molar-refractivity contribution in [3.05, 3.63) is 45.4 Å². The summed E-state index contributed by atoms with van der Waals surface area (Å²) < 4.78 is 0.716. The molecular weight excluding hydrogens is 418 g/mol. The lowest BCUT2D eigenvalue weighted by Gasteiger charge is -2.22. The largest absolute Gasteiger partial charge is 0.369 e. The van der Waals surface area contributed by atoms with Crippen LogP contribution >= 0.6 is 34.7 Å². The Morgan fingerprint density at radius 2 is 2.04 bits per heavy atom. The van der Waals surface area contributed by atoms with Gasteiger partial charge < -0.3 is 5.73 Å². The first-order valence-electron chi connectivity index (χ1n) is 8.87. The topological polar surface area (TPSA) is 93.4 Å². The summed E-state index contributed by atoms with van der Waals surface area (Å²) in [5, 5.41) is 0.156. The summed E-state index contributed by atoms with van der Waals surface area (Å²) >= 11 is 8.62. The molecule has 0 spiro atoms. The molecule has 3 rings (SSSR count). The number of benzene rings is 1. The zero-order valence-electron chi connectivity index (χ0n) is 15.3. The van der Waals surface area contributed by atoms with Gasteiger partial charge in [0.25, 0.3) is 5.91 Å². The van der Waals surface area contributed by atoms with Crippen molar-refractivity contribution < 1.29 is 14.4 Å². The third kappa shape index (κ3) is 4.92. The minimum atomic E-state index is -0.409. The number of aryl methyl sites for hydroxylation is 1. The fraction of sp³-hybridized carbons (Fsp3) is 0.368. The number of thiazole rings is 1. The SMILES string of the molecule is Cc1nc(S[C@H]2CCCCN(C(=O)c3ccc(Cl)cc3)C2=O)sc1CC(N)=O. The van der Waals surface area contributed by atoms with E-state index in [1.807, 2.05) is 6.92 Å². The van der Waals surface area contributed by atoms with Crippen LogP contribution in [0.5, 0.6) is 0 Å². The van der Waals surface area contributed by atoms with Crippen LogP contribution in [-0.2, 0) is 16.0 Å². The lowest BCUT2D eigenvalue weighted by Crippen LogP contribution is -2.41. The van der Waals surface area contributed by atoms with Crippen LogP contribution < -0.4 is 5.73 Å². The summed E-state index contributed by atoms with van der Waals surface area (Å²) in [5.41, 5.74) is 6.47. The minimum Gasteiger partial charge on any atom is -0.369 e. The molecule has 2 N–H and O–H groups in total. The molecule has 6 nitrogen and oxygen atoms in total. The Bertz CT molecular complexity index is 898. The number of nitrogens with two attached hydrogens (primary N) is 1. The molecule has 1 aliphatic rings. The molecule has 3 amide bonds. The number of thioether (sulfide) groups is 1. The van der Waals surface area contributed by atoms with Gasteiger partial charge in [-0.25, -0.2) is 4.98 Å². The van der Waals surface area contributed by atoms with E-state index in [-0.39, 0.29) is 23.5 Å². The van der Waals surface area contributed by atoms with E-state index in [0.717, 1.165) is 23.4 Å². The number of aromatic nitrogens is 1. The van der Waals surface area contributed by atoms with Gasteiger partial charge in [-0.15, -0.1) is 11.3 Å². The van der Waals surface area contributed by atoms with Gasteiger partial charge in [-0.2, -0.15) is 0 Å². The van der Waals surface area contributed by atoms with E-state index < -0.39 is 5.91 Å². The van der Waals surface area contributed by atoms with E-state index >= 15 is 0 Å². The standard InChI is InChI=1S/C19H20ClN3O3S2/c1-11-15(10-16(21)24)28-19(22-11)27-14-4-2-3-9-23(18(14)26)17(25)12-5-7-13(20)8-6-12/h5-8,14H,2-4,9-10H2,1H3,(H2,21,24)/t14-/m0/s1. The number of hydrogen-bond donors (Lipinski definition) is 1. The molecule has 1 aromatic heterocycles. The first-order chi connectivity index (χ1) is 13.3. The highest BCUT2D eigenvalue weighted by molar-refractivity contribution is 8.02. The van der Waals surface area contributed by atoms with Crippen molar-refractivity contribution in [2.24, 2.45) is 5.73 Å². The second-order valence-electron chi connectivity index (χ2n) is 6.54. The summed E-state index contributed by atoms with van der Waals surface area (Å²) in [6, 6.07) is 6.54. The Hall–Kier alpha value is -1.90. The van der Waals surface area contributed by atoms with E-state index in [2.05, 4.69) is 4.98 Å². The van der Waals surface area contributed by atoms with Crippen LogP contribution in [0, 0.1) is 6.92 Å². The number of imide groups is 1. The molecule has 0 radical (unpaired) electrons. The van der Waals surface area contributed by atoms with Crippen LogP contribution in [0.15, 0.2) is 28.6 Å². The monoisotopic (exact) mass is 437 g/mol. The van der Waals surface area contributed by atoms with E-state index in [4.69, 9.17) is 17.3 Å². The van der Waals surface area contributed by atoms with E-state index in [1.54, 1.807) is 24.3 Å². The van der Waals surface area contributed by atoms with Crippen LogP contribution in [0.4, 0.5) is 0 Å². The summed E-state index contributed by atoms with van der Waals surface area (Å²) in [7, 11) is 0. The van der Waals surface area contributed by atoms with Gasteiger partial charge in [-0.3, -0.25) is 19.3 Å². The molecule has 0 aliphatic carbocycles. The predicted octanol–water partition coefficient (Wildman–Crippen LogP) is 3.45. The van der Waals surface area contributed by atoms with Crippen molar-refractivity contribution in [1.82, 2.24) is 9.88 Å². The number of carbonyl (C=O) groups is 3. The molecular formula is C19H20ClN3O3S2. The second-order valence-corrected chi connectivity index (χ2v) is 9.51. The molecule has 1 aliphatic heterocycles. The molecule has 28 heavy (non-hydrogen) atoms. The van der Waals surface area contributed by atoms with Crippen molar-refractivity contribution in [3.63, 3.8) is 0 Å². The first-order valence-corrected chi connectivity index (χ1v) is 10.9. The highest BCUT2D eigenvalue weighted by atomic mass is 35.5. The molecule has 1 fully saturated rings. The molecule has 1 atom stereocenters. The number of hydrogen-bond acceptors (Lipinski definition) is 6. The first kappa shape index (κ1) is 20.8. The Balaban J connectivity index is 1.76. The highest BCUT2D eigenvalue weighted by Crippen LogP contribution is 2.34. The Morgan fingerprint density at radius 1 is 1.32 bits per heavy atom. The van der Waals surface area contributed by atoms with Gasteiger partial charge in [0.05, 0.1) is 17.4 Å². The zero-order valence-corrected chi connectivity index (χ0v) is 17.7. The zero-order chi connectivity index (χ0) is 20.3. The smallest absolute Gasteiger partial charge is 0.260 e. The number of amides is 3. The van der Waals surface area contributed by atoms with Crippen LogP contribution in [-0.4, -0.2) is 39.4 Å². The van der Waals surface area contributed by atoms with Gasteiger partial charge in [-0.1, -0.05) is 29.8 Å². The van der Waals surface area contributed by atoms with Crippen LogP contribution in [0.1, 0.15) is 40.2 Å². The van der Waals surface area contributed by atoms with E-state index in [0.29, 0.717) is 27.9 Å². The van der Waals surface area contributed by atoms with Gasteiger partial charge >= 0.3 is 0 Å². The molecule has 148 valence electrons. The number of carbonyl (C=O) groups excluding carboxylic acids is 3. The van der Waals surface area contributed by atoms with Gasteiger partial charge in [0.1, 0.15) is 0 Å². The summed E-state index contributed by atoms with van der Waals surface area (Å²) in [6.07, 6.45) is 2.44. The average Bonchev–Trinajstić information content (AvgIpc) is 2.87. The third-order valence-electron chi connectivity index (χ3n) is 4.43. The summed E-state index contributed by atoms with van der Waals surface area (Å²) in [4.78, 5) is 43.7. The maximum absolute atomic E-state index is 13.1. The van der Waals surface area contributed by atoms with Crippen molar-refractivity contribution in [3.8, 4) is 0 Å². The molecule has 0 bridgehead atoms. The van der Waals surface area contributed by atoms with Crippen LogP contribution in [0.25, 0.3) is 0 Å². The predicted molar refractivity (Wildman–Crippen MR) is 111 cm³/mol. The van der Waals surface area contributed by atoms with Crippen LogP contribution in [0.2, 0.25) is 5.02 Å². The molecule has 2 heterocycles. The Kier molecular flexibility index (Phi) is 6.74. The maximum Gasteiger partial charge on any atom is 0.260 e. The number of nitrogens with zero attached hydrogens (tertiary/aromatic N) is 2. The van der Waals surface area contributed by atoms with Gasteiger partial charge in [0.2, 0.25) is 11.8 Å². The molecule has 9 heteroatoms. The normalized spacial score (nSPS) is 17.4. The third-order valence-corrected chi connectivity index (χ3v) is 7.18. The highest BCUT2D eigenvalue weighted by Gasteiger charge is 2.33. The number of likely N-dealkylation sites (tertiary alicyclic amines) is 1. The van der Waals surface area contributed by atoms with E-state index in [1.165, 1.54) is 28.0 Å². The van der Waals surface area contributed by atoms with Gasteiger partial charge in [0.15, 0.2) is 4.34 Å². The maximum atomic E-state index is 13.1. The van der Waals surface area contributed by atoms with E-state index in [9.17, 15) is 14.4 Å². The van der Waals surface area contributed by atoms with Gasteiger partial charge in [0, 0.05) is 22.0 Å². The summed E-state index contributed by atoms with van der Waals surface area (Å²) in [6.45, 7) is 2.23. The molecule has 1 saturated heterocycles. The van der Waals surface area contributed by atoms with Crippen LogP contribution in [0.3, 0.4) is 0 Å². The summed E-state index contributed by atoms with van der Waals surface area (Å²) in [5.74, 6) is -0.917. The fourth-order valence-electron chi connectivity index (χ4n) is 2.96. The Morgan fingerprint density at radius 3 is 2.71 bits per heavy atom. The fourth-order valence-corrected chi connectivity index (χ4v) is 5.68. The average molecular weight is 438 g/mol. The Labute approximate surface area is 176 Å². The number of rotatable bonds is 5. The quantitative estimate of drug-likeness (QED) is 0.723. The van der Waals surface area contributed by atoms with Crippen molar-refractivity contribution in [2.45, 2.75) is 42.2 Å². The molecule has 0 unspecified atom stereocenters. The van der Waals surface area contributed by atoms with Crippen molar-refractivity contribution in [1.29, 1.82) is 0 Å².